The van der Waals surface area contributed by atoms with Crippen LogP contribution in [0, 0.1) is 11.8 Å². The maximum Gasteiger partial charge on any atom is 0.161 e. The fraction of sp³-hybridized carbons (Fsp3) is 0.625. The molecule has 0 spiro atoms. The lowest BCUT2D eigenvalue weighted by molar-refractivity contribution is 0.0857. The summed E-state index contributed by atoms with van der Waals surface area (Å²) in [6.45, 7) is 9.59. The lowest BCUT2D eigenvalue weighted by Crippen LogP contribution is -2.26. The van der Waals surface area contributed by atoms with Gasteiger partial charge in [-0.3, -0.25) is 0 Å². The van der Waals surface area contributed by atoms with Crippen molar-refractivity contribution < 1.29 is 14.6 Å². The first-order chi connectivity index (χ1) is 9.54. The van der Waals surface area contributed by atoms with Crippen LogP contribution in [0.15, 0.2) is 18.2 Å². The Morgan fingerprint density at radius 3 is 2.20 bits per heavy atom. The molecular weight excluding hydrogens is 254 g/mol. The molecule has 20 heavy (non-hydrogen) atoms. The Kier molecular flexibility index (Phi) is 6.82. The first-order valence-corrected chi connectivity index (χ1v) is 7.32. The Balaban J connectivity index is 3.03. The molecule has 0 amide bonds. The lowest BCUT2D eigenvalue weighted by Gasteiger charge is -2.26. The van der Waals surface area contributed by atoms with Gasteiger partial charge in [0.15, 0.2) is 11.5 Å². The van der Waals surface area contributed by atoms with Gasteiger partial charge in [0.2, 0.25) is 0 Å². The summed E-state index contributed by atoms with van der Waals surface area (Å²) in [6.07, 6.45) is -0.588. The monoisotopic (exact) mass is 281 g/mol. The number of hydrogen-bond donors (Lipinski definition) is 2. The topological polar surface area (TPSA) is 64.7 Å². The smallest absolute Gasteiger partial charge is 0.161 e. The van der Waals surface area contributed by atoms with Crippen LogP contribution in [0.25, 0.3) is 0 Å². The van der Waals surface area contributed by atoms with Gasteiger partial charge in [0.25, 0.3) is 0 Å². The number of benzene rings is 1. The molecule has 1 rings (SSSR count). The third-order valence-electron chi connectivity index (χ3n) is 3.44. The van der Waals surface area contributed by atoms with Gasteiger partial charge in [-0.25, -0.2) is 0 Å². The van der Waals surface area contributed by atoms with E-state index in [9.17, 15) is 5.11 Å². The second-order valence-corrected chi connectivity index (χ2v) is 5.16. The average molecular weight is 281 g/mol. The molecule has 1 aromatic rings. The van der Waals surface area contributed by atoms with Gasteiger partial charge in [-0.05, 0) is 44.0 Å². The van der Waals surface area contributed by atoms with Gasteiger partial charge in [-0.15, -0.1) is 0 Å². The zero-order valence-corrected chi connectivity index (χ0v) is 12.9. The van der Waals surface area contributed by atoms with Crippen LogP contribution in [0.4, 0.5) is 0 Å². The second-order valence-electron chi connectivity index (χ2n) is 5.16. The number of nitrogens with two attached hydrogens (primary N) is 1. The summed E-state index contributed by atoms with van der Waals surface area (Å²) in [4.78, 5) is 0. The Morgan fingerprint density at radius 2 is 1.70 bits per heavy atom. The van der Waals surface area contributed by atoms with Crippen LogP contribution in [0.1, 0.15) is 39.4 Å². The minimum absolute atomic E-state index is 0.0300. The van der Waals surface area contributed by atoms with Crippen molar-refractivity contribution in [3.05, 3.63) is 23.8 Å². The zero-order valence-electron chi connectivity index (χ0n) is 12.9. The van der Waals surface area contributed by atoms with Gasteiger partial charge in [0.1, 0.15) is 0 Å². The van der Waals surface area contributed by atoms with Gasteiger partial charge in [0.05, 0.1) is 19.3 Å². The standard InChI is InChI=1S/C16H27NO3/c1-5-19-14-8-7-12(9-15(14)20-6-2)16(18)13(10-17)11(3)4/h7-9,11,13,16,18H,5-6,10,17H2,1-4H3. The molecule has 1 aromatic carbocycles. The molecule has 0 heterocycles. The van der Waals surface area contributed by atoms with E-state index in [2.05, 4.69) is 13.8 Å². The lowest BCUT2D eigenvalue weighted by atomic mass is 9.86. The van der Waals surface area contributed by atoms with Crippen LogP contribution in [0.2, 0.25) is 0 Å². The summed E-state index contributed by atoms with van der Waals surface area (Å²) >= 11 is 0. The number of hydrogen-bond acceptors (Lipinski definition) is 4. The molecule has 0 fully saturated rings. The van der Waals surface area contributed by atoms with Crippen LogP contribution in [-0.2, 0) is 0 Å². The molecule has 0 saturated carbocycles. The fourth-order valence-corrected chi connectivity index (χ4v) is 2.26. The van der Waals surface area contributed by atoms with Crippen molar-refractivity contribution in [2.75, 3.05) is 19.8 Å². The van der Waals surface area contributed by atoms with Crippen molar-refractivity contribution in [1.29, 1.82) is 0 Å². The molecule has 4 heteroatoms. The molecule has 2 unspecified atom stereocenters. The molecule has 0 radical (unpaired) electrons. The van der Waals surface area contributed by atoms with E-state index in [-0.39, 0.29) is 5.92 Å². The number of rotatable bonds is 8. The van der Waals surface area contributed by atoms with E-state index in [0.29, 0.717) is 37.2 Å². The third-order valence-corrected chi connectivity index (χ3v) is 3.44. The van der Waals surface area contributed by atoms with Crippen molar-refractivity contribution in [2.45, 2.75) is 33.8 Å². The van der Waals surface area contributed by atoms with E-state index in [1.54, 1.807) is 0 Å². The molecule has 3 N–H and O–H groups in total. The largest absolute Gasteiger partial charge is 0.490 e. The van der Waals surface area contributed by atoms with E-state index in [1.807, 2.05) is 32.0 Å². The quantitative estimate of drug-likeness (QED) is 0.769. The summed E-state index contributed by atoms with van der Waals surface area (Å²) in [6, 6.07) is 5.58. The summed E-state index contributed by atoms with van der Waals surface area (Å²) in [5, 5.41) is 10.5. The minimum Gasteiger partial charge on any atom is -0.490 e. The van der Waals surface area contributed by atoms with Crippen molar-refractivity contribution >= 4 is 0 Å². The number of ether oxygens (including phenoxy) is 2. The first-order valence-electron chi connectivity index (χ1n) is 7.32. The molecule has 0 aliphatic carbocycles. The van der Waals surface area contributed by atoms with Gasteiger partial charge in [0, 0.05) is 5.92 Å². The minimum atomic E-state index is -0.588. The van der Waals surface area contributed by atoms with Crippen LogP contribution < -0.4 is 15.2 Å². The van der Waals surface area contributed by atoms with Crippen molar-refractivity contribution in [1.82, 2.24) is 0 Å². The molecule has 0 bridgehead atoms. The SMILES string of the molecule is CCOc1ccc(C(O)C(CN)C(C)C)cc1OCC. The number of aliphatic hydroxyl groups is 1. The summed E-state index contributed by atoms with van der Waals surface area (Å²) in [5.41, 5.74) is 6.59. The predicted molar refractivity (Wildman–Crippen MR) is 81.1 cm³/mol. The highest BCUT2D eigenvalue weighted by Crippen LogP contribution is 2.34. The van der Waals surface area contributed by atoms with E-state index in [4.69, 9.17) is 15.2 Å². The Morgan fingerprint density at radius 1 is 1.10 bits per heavy atom. The molecule has 114 valence electrons. The predicted octanol–water partition coefficient (Wildman–Crippen LogP) is 2.75. The Hall–Kier alpha value is -1.26. The van der Waals surface area contributed by atoms with Gasteiger partial charge < -0.3 is 20.3 Å². The normalized spacial score (nSPS) is 14.2. The highest BCUT2D eigenvalue weighted by molar-refractivity contribution is 5.43. The van der Waals surface area contributed by atoms with Gasteiger partial charge >= 0.3 is 0 Å². The summed E-state index contributed by atoms with van der Waals surface area (Å²) < 4.78 is 11.1. The van der Waals surface area contributed by atoms with E-state index in [0.717, 1.165) is 5.56 Å². The van der Waals surface area contributed by atoms with Crippen LogP contribution >= 0.6 is 0 Å². The molecule has 4 nitrogen and oxygen atoms in total. The highest BCUT2D eigenvalue weighted by Gasteiger charge is 2.23. The second kappa shape index (κ2) is 8.12. The fourth-order valence-electron chi connectivity index (χ4n) is 2.26. The van der Waals surface area contributed by atoms with E-state index in [1.165, 1.54) is 0 Å². The zero-order chi connectivity index (χ0) is 15.1. The summed E-state index contributed by atoms with van der Waals surface area (Å²) in [7, 11) is 0. The first kappa shape index (κ1) is 16.8. The third kappa shape index (κ3) is 4.12. The van der Waals surface area contributed by atoms with E-state index < -0.39 is 6.10 Å². The highest BCUT2D eigenvalue weighted by atomic mass is 16.5. The maximum absolute atomic E-state index is 10.5. The van der Waals surface area contributed by atoms with Crippen LogP contribution in [-0.4, -0.2) is 24.9 Å². The van der Waals surface area contributed by atoms with E-state index >= 15 is 0 Å². The molecule has 0 aliphatic rings. The van der Waals surface area contributed by atoms with Gasteiger partial charge in [-0.1, -0.05) is 19.9 Å². The van der Waals surface area contributed by atoms with Gasteiger partial charge in [-0.2, -0.15) is 0 Å². The number of aliphatic hydroxyl groups excluding tert-OH is 1. The Labute approximate surface area is 121 Å². The maximum atomic E-state index is 10.5. The molecular formula is C16H27NO3. The Bertz CT molecular complexity index is 407. The van der Waals surface area contributed by atoms with Crippen LogP contribution in [0.3, 0.4) is 0 Å². The van der Waals surface area contributed by atoms with Crippen molar-refractivity contribution in [3.63, 3.8) is 0 Å². The van der Waals surface area contributed by atoms with Crippen LogP contribution in [0.5, 0.6) is 11.5 Å². The molecule has 0 aromatic heterocycles. The van der Waals surface area contributed by atoms with Crippen molar-refractivity contribution in [2.24, 2.45) is 17.6 Å². The van der Waals surface area contributed by atoms with Crippen molar-refractivity contribution in [3.8, 4) is 11.5 Å². The molecule has 0 saturated heterocycles. The molecule has 2 atom stereocenters. The summed E-state index contributed by atoms with van der Waals surface area (Å²) in [5.74, 6) is 1.73. The molecule has 0 aliphatic heterocycles. The average Bonchev–Trinajstić information content (AvgIpc) is 2.41.